The zero-order valence-corrected chi connectivity index (χ0v) is 10.6. The van der Waals surface area contributed by atoms with E-state index < -0.39 is 17.6 Å². The lowest BCUT2D eigenvalue weighted by molar-refractivity contribution is -0.139. The lowest BCUT2D eigenvalue weighted by Crippen LogP contribution is -2.25. The summed E-state index contributed by atoms with van der Waals surface area (Å²) in [4.78, 5) is 13.0. The molecule has 2 rings (SSSR count). The van der Waals surface area contributed by atoms with Gasteiger partial charge in [0.05, 0.1) is 11.7 Å². The minimum Gasteiger partial charge on any atom is -0.490 e. The van der Waals surface area contributed by atoms with Gasteiger partial charge in [0.1, 0.15) is 11.3 Å². The lowest BCUT2D eigenvalue weighted by Gasteiger charge is -2.19. The van der Waals surface area contributed by atoms with Crippen LogP contribution in [-0.2, 0) is 6.18 Å². The Morgan fingerprint density at radius 2 is 1.95 bits per heavy atom. The highest BCUT2D eigenvalue weighted by molar-refractivity contribution is 5.96. The number of amides is 1. The average Bonchev–Trinajstić information content (AvgIpc) is 3.10. The summed E-state index contributed by atoms with van der Waals surface area (Å²) < 4.78 is 44.7. The lowest BCUT2D eigenvalue weighted by atomic mass is 10.0. The van der Waals surface area contributed by atoms with Gasteiger partial charge >= 0.3 is 6.18 Å². The first-order valence-corrected chi connectivity index (χ1v) is 5.89. The van der Waals surface area contributed by atoms with E-state index in [0.717, 1.165) is 17.7 Å². The van der Waals surface area contributed by atoms with Crippen molar-refractivity contribution in [3.05, 3.63) is 29.3 Å². The number of hydrogen-bond donors (Lipinski definition) is 0. The molecular formula is C13H14F3NO2. The van der Waals surface area contributed by atoms with Gasteiger partial charge in [0.15, 0.2) is 0 Å². The van der Waals surface area contributed by atoms with Gasteiger partial charge < -0.3 is 9.64 Å². The predicted molar refractivity (Wildman–Crippen MR) is 63.1 cm³/mol. The summed E-state index contributed by atoms with van der Waals surface area (Å²) in [5, 5.41) is 0. The van der Waals surface area contributed by atoms with Crippen LogP contribution in [-0.4, -0.2) is 31.0 Å². The molecule has 0 aromatic heterocycles. The largest absolute Gasteiger partial charge is 0.490 e. The molecule has 0 radical (unpaired) electrons. The molecular weight excluding hydrogens is 259 g/mol. The molecule has 1 aromatic rings. The summed E-state index contributed by atoms with van der Waals surface area (Å²) in [6, 6.07) is 3.84. The summed E-state index contributed by atoms with van der Waals surface area (Å²) in [7, 11) is 2.83. The van der Waals surface area contributed by atoms with Crippen molar-refractivity contribution in [2.24, 2.45) is 0 Å². The molecule has 6 heteroatoms. The normalized spacial score (nSPS) is 15.2. The summed E-state index contributed by atoms with van der Waals surface area (Å²) in [5.74, 6) is -0.948. The Labute approximate surface area is 109 Å². The molecule has 1 aliphatic rings. The van der Waals surface area contributed by atoms with Crippen LogP contribution in [0.1, 0.15) is 28.8 Å². The fraction of sp³-hybridized carbons (Fsp3) is 0.462. The Hall–Kier alpha value is -1.72. The molecule has 0 N–H and O–H groups in total. The van der Waals surface area contributed by atoms with Gasteiger partial charge in [0, 0.05) is 14.1 Å². The van der Waals surface area contributed by atoms with Crippen LogP contribution in [0.2, 0.25) is 0 Å². The van der Waals surface area contributed by atoms with E-state index in [4.69, 9.17) is 4.74 Å². The van der Waals surface area contributed by atoms with Crippen molar-refractivity contribution in [2.75, 3.05) is 14.1 Å². The summed E-state index contributed by atoms with van der Waals surface area (Å²) >= 11 is 0. The third-order valence-corrected chi connectivity index (χ3v) is 2.76. The third kappa shape index (κ3) is 3.00. The maximum Gasteiger partial charge on any atom is 0.420 e. The topological polar surface area (TPSA) is 29.5 Å². The van der Waals surface area contributed by atoms with Gasteiger partial charge in [-0.25, -0.2) is 0 Å². The molecule has 1 aliphatic carbocycles. The van der Waals surface area contributed by atoms with E-state index in [1.807, 2.05) is 0 Å². The molecule has 0 saturated heterocycles. The summed E-state index contributed by atoms with van der Waals surface area (Å²) in [6.07, 6.45) is -3.27. The zero-order valence-electron chi connectivity index (χ0n) is 10.6. The van der Waals surface area contributed by atoms with Crippen molar-refractivity contribution in [2.45, 2.75) is 25.1 Å². The summed E-state index contributed by atoms with van der Waals surface area (Å²) in [6.45, 7) is 0. The number of alkyl halides is 3. The van der Waals surface area contributed by atoms with Gasteiger partial charge in [-0.2, -0.15) is 13.2 Å². The number of benzene rings is 1. The Morgan fingerprint density at radius 3 is 2.42 bits per heavy atom. The van der Waals surface area contributed by atoms with Crippen molar-refractivity contribution in [1.29, 1.82) is 0 Å². The van der Waals surface area contributed by atoms with E-state index in [1.165, 1.54) is 32.3 Å². The number of rotatable bonds is 3. The van der Waals surface area contributed by atoms with Gasteiger partial charge in [-0.15, -0.1) is 0 Å². The maximum absolute atomic E-state index is 13.2. The molecule has 19 heavy (non-hydrogen) atoms. The second kappa shape index (κ2) is 4.75. The Balaban J connectivity index is 2.49. The fourth-order valence-corrected chi connectivity index (χ4v) is 1.71. The number of carbonyl (C=O) groups is 1. The molecule has 1 saturated carbocycles. The van der Waals surface area contributed by atoms with Crippen molar-refractivity contribution < 1.29 is 22.7 Å². The average molecular weight is 273 g/mol. The molecule has 0 aliphatic heterocycles. The fourth-order valence-electron chi connectivity index (χ4n) is 1.71. The van der Waals surface area contributed by atoms with E-state index in [2.05, 4.69) is 0 Å². The standard InChI is InChI=1S/C13H14F3NO2/c1-17(2)12(18)9-4-3-5-10(19-8-6-7-8)11(9)13(14,15)16/h3-5,8H,6-7H2,1-2H3. The van der Waals surface area contributed by atoms with Crippen LogP contribution < -0.4 is 4.74 Å². The van der Waals surface area contributed by atoms with Crippen molar-refractivity contribution in [3.63, 3.8) is 0 Å². The maximum atomic E-state index is 13.2. The second-order valence-electron chi connectivity index (χ2n) is 4.69. The number of halogens is 3. The smallest absolute Gasteiger partial charge is 0.420 e. The molecule has 0 atom stereocenters. The van der Waals surface area contributed by atoms with Crippen molar-refractivity contribution in [1.82, 2.24) is 4.90 Å². The van der Waals surface area contributed by atoms with Crippen molar-refractivity contribution in [3.8, 4) is 5.75 Å². The van der Waals surface area contributed by atoms with Gasteiger partial charge in [-0.05, 0) is 25.0 Å². The van der Waals surface area contributed by atoms with Crippen LogP contribution in [0.3, 0.4) is 0 Å². The minimum atomic E-state index is -4.62. The minimum absolute atomic E-state index is 0.161. The zero-order chi connectivity index (χ0) is 14.2. The summed E-state index contributed by atoms with van der Waals surface area (Å²) in [5.41, 5.74) is -1.36. The van der Waals surface area contributed by atoms with E-state index in [-0.39, 0.29) is 17.4 Å². The molecule has 0 unspecified atom stereocenters. The molecule has 3 nitrogen and oxygen atoms in total. The third-order valence-electron chi connectivity index (χ3n) is 2.76. The first kappa shape index (κ1) is 13.7. The van der Waals surface area contributed by atoms with E-state index in [1.54, 1.807) is 0 Å². The van der Waals surface area contributed by atoms with Crippen LogP contribution in [0.5, 0.6) is 5.75 Å². The highest BCUT2D eigenvalue weighted by Gasteiger charge is 2.40. The van der Waals surface area contributed by atoms with E-state index in [9.17, 15) is 18.0 Å². The monoisotopic (exact) mass is 273 g/mol. The Kier molecular flexibility index (Phi) is 3.43. The van der Waals surface area contributed by atoms with Crippen LogP contribution in [0.15, 0.2) is 18.2 Å². The van der Waals surface area contributed by atoms with Crippen LogP contribution in [0.25, 0.3) is 0 Å². The van der Waals surface area contributed by atoms with Gasteiger partial charge in [-0.1, -0.05) is 6.07 Å². The number of nitrogens with zero attached hydrogens (tertiary/aromatic N) is 1. The number of ether oxygens (including phenoxy) is 1. The van der Waals surface area contributed by atoms with Crippen molar-refractivity contribution >= 4 is 5.91 Å². The number of carbonyl (C=O) groups excluding carboxylic acids is 1. The second-order valence-corrected chi connectivity index (χ2v) is 4.69. The molecule has 1 amide bonds. The predicted octanol–water partition coefficient (Wildman–Crippen LogP) is 2.95. The SMILES string of the molecule is CN(C)C(=O)c1cccc(OC2CC2)c1C(F)(F)F. The molecule has 1 fully saturated rings. The first-order valence-electron chi connectivity index (χ1n) is 5.89. The van der Waals surface area contributed by atoms with Gasteiger partial charge in [0.25, 0.3) is 5.91 Å². The van der Waals surface area contributed by atoms with E-state index >= 15 is 0 Å². The molecule has 104 valence electrons. The molecule has 0 bridgehead atoms. The van der Waals surface area contributed by atoms with Crippen LogP contribution in [0, 0.1) is 0 Å². The Morgan fingerprint density at radius 1 is 1.32 bits per heavy atom. The van der Waals surface area contributed by atoms with Gasteiger partial charge in [-0.3, -0.25) is 4.79 Å². The number of hydrogen-bond acceptors (Lipinski definition) is 2. The van der Waals surface area contributed by atoms with E-state index in [0.29, 0.717) is 0 Å². The molecule has 0 spiro atoms. The van der Waals surface area contributed by atoms with Crippen LogP contribution in [0.4, 0.5) is 13.2 Å². The Bertz CT molecular complexity index is 493. The highest BCUT2D eigenvalue weighted by atomic mass is 19.4. The highest BCUT2D eigenvalue weighted by Crippen LogP contribution is 2.41. The van der Waals surface area contributed by atoms with Crippen LogP contribution >= 0.6 is 0 Å². The first-order chi connectivity index (χ1) is 8.80. The quantitative estimate of drug-likeness (QED) is 0.847. The molecule has 0 heterocycles. The molecule has 1 aromatic carbocycles. The van der Waals surface area contributed by atoms with Gasteiger partial charge in [0.2, 0.25) is 0 Å².